The van der Waals surface area contributed by atoms with Gasteiger partial charge in [-0.15, -0.1) is 0 Å². The van der Waals surface area contributed by atoms with Gasteiger partial charge in [0.15, 0.2) is 11.5 Å². The molecule has 30 heavy (non-hydrogen) atoms. The van der Waals surface area contributed by atoms with Crippen molar-refractivity contribution in [3.05, 3.63) is 54.0 Å². The zero-order valence-corrected chi connectivity index (χ0v) is 17.5. The number of pyridine rings is 1. The summed E-state index contributed by atoms with van der Waals surface area (Å²) in [6.45, 7) is 6.50. The predicted octanol–water partition coefficient (Wildman–Crippen LogP) is 2.95. The highest BCUT2D eigenvalue weighted by atomic mass is 16.5. The average molecular weight is 408 g/mol. The van der Waals surface area contributed by atoms with Gasteiger partial charge in [0.25, 0.3) is 0 Å². The highest BCUT2D eigenvalue weighted by Gasteiger charge is 2.25. The van der Waals surface area contributed by atoms with E-state index in [0.29, 0.717) is 5.92 Å². The minimum atomic E-state index is 0.378. The Morgan fingerprint density at radius 3 is 2.70 bits per heavy atom. The van der Waals surface area contributed by atoms with Gasteiger partial charge in [-0.05, 0) is 49.2 Å². The van der Waals surface area contributed by atoms with Crippen LogP contribution in [0.2, 0.25) is 0 Å². The van der Waals surface area contributed by atoms with Crippen LogP contribution >= 0.6 is 0 Å². The Hall–Kier alpha value is -2.64. The molecule has 1 aromatic carbocycles. The number of nitrogens with zero attached hydrogens (tertiary/aromatic N) is 5. The fourth-order valence-electron chi connectivity index (χ4n) is 4.47. The van der Waals surface area contributed by atoms with Gasteiger partial charge in [-0.2, -0.15) is 5.10 Å². The number of piperidine rings is 1. The van der Waals surface area contributed by atoms with Gasteiger partial charge >= 0.3 is 0 Å². The van der Waals surface area contributed by atoms with Crippen LogP contribution in [0.1, 0.15) is 30.1 Å². The van der Waals surface area contributed by atoms with Crippen molar-refractivity contribution in [2.75, 3.05) is 51.4 Å². The zero-order chi connectivity index (χ0) is 20.3. The van der Waals surface area contributed by atoms with E-state index in [1.54, 1.807) is 7.11 Å². The van der Waals surface area contributed by atoms with Crippen LogP contribution in [-0.4, -0.2) is 66.0 Å². The normalized spacial score (nSPS) is 20.6. The second-order valence-corrected chi connectivity index (χ2v) is 8.18. The summed E-state index contributed by atoms with van der Waals surface area (Å²) in [5.41, 5.74) is 3.43. The SMILES string of the molecule is COc1ccc(CN2CCC[C@H](c3nc4ccc(N5CCOCC5)cn4n3)C2)cc1. The molecule has 0 N–H and O–H groups in total. The second kappa shape index (κ2) is 8.62. The topological polar surface area (TPSA) is 55.1 Å². The third-order valence-electron chi connectivity index (χ3n) is 6.14. The molecule has 0 unspecified atom stereocenters. The monoisotopic (exact) mass is 407 g/mol. The third kappa shape index (κ3) is 4.13. The molecule has 5 rings (SSSR count). The number of anilines is 1. The van der Waals surface area contributed by atoms with E-state index in [1.807, 2.05) is 16.6 Å². The molecule has 2 saturated heterocycles. The second-order valence-electron chi connectivity index (χ2n) is 8.18. The van der Waals surface area contributed by atoms with Gasteiger partial charge < -0.3 is 14.4 Å². The first-order chi connectivity index (χ1) is 14.8. The number of benzene rings is 1. The number of fused-ring (bicyclic) bond motifs is 1. The minimum Gasteiger partial charge on any atom is -0.497 e. The van der Waals surface area contributed by atoms with Crippen LogP contribution < -0.4 is 9.64 Å². The van der Waals surface area contributed by atoms with Crippen LogP contribution in [0, 0.1) is 0 Å². The summed E-state index contributed by atoms with van der Waals surface area (Å²) in [4.78, 5) is 9.72. The summed E-state index contributed by atoms with van der Waals surface area (Å²) < 4.78 is 12.7. The van der Waals surface area contributed by atoms with E-state index < -0.39 is 0 Å². The highest BCUT2D eigenvalue weighted by molar-refractivity contribution is 5.51. The highest BCUT2D eigenvalue weighted by Crippen LogP contribution is 2.27. The van der Waals surface area contributed by atoms with Crippen molar-refractivity contribution in [3.8, 4) is 5.75 Å². The summed E-state index contributed by atoms with van der Waals surface area (Å²) in [5.74, 6) is 2.25. The van der Waals surface area contributed by atoms with Crippen molar-refractivity contribution in [3.63, 3.8) is 0 Å². The molecule has 7 heteroatoms. The van der Waals surface area contributed by atoms with Gasteiger partial charge in [-0.1, -0.05) is 12.1 Å². The maximum atomic E-state index is 5.47. The first-order valence-corrected chi connectivity index (χ1v) is 10.8. The molecular weight excluding hydrogens is 378 g/mol. The van der Waals surface area contributed by atoms with Crippen molar-refractivity contribution in [1.29, 1.82) is 0 Å². The van der Waals surface area contributed by atoms with E-state index in [9.17, 15) is 0 Å². The smallest absolute Gasteiger partial charge is 0.156 e. The van der Waals surface area contributed by atoms with Gasteiger partial charge in [0.05, 0.1) is 32.2 Å². The molecule has 0 saturated carbocycles. The number of rotatable bonds is 5. The fourth-order valence-corrected chi connectivity index (χ4v) is 4.47. The van der Waals surface area contributed by atoms with Crippen LogP contribution in [0.15, 0.2) is 42.6 Å². The van der Waals surface area contributed by atoms with Crippen molar-refractivity contribution in [2.24, 2.45) is 0 Å². The molecule has 0 bridgehead atoms. The molecule has 0 spiro atoms. The molecular formula is C23H29N5O2. The molecule has 1 atom stereocenters. The molecule has 0 aliphatic carbocycles. The van der Waals surface area contributed by atoms with Gasteiger partial charge in [0, 0.05) is 32.1 Å². The number of aromatic nitrogens is 3. The average Bonchev–Trinajstić information content (AvgIpc) is 3.24. The molecule has 0 amide bonds. The first-order valence-electron chi connectivity index (χ1n) is 10.8. The summed E-state index contributed by atoms with van der Waals surface area (Å²) >= 11 is 0. The Kier molecular flexibility index (Phi) is 5.55. The molecule has 2 fully saturated rings. The van der Waals surface area contributed by atoms with E-state index in [4.69, 9.17) is 19.6 Å². The standard InChI is InChI=1S/C23H29N5O2/c1-29-21-7-4-18(5-8-21)15-26-10-2-3-19(16-26)23-24-22-9-6-20(17-28(22)25-23)27-11-13-30-14-12-27/h4-9,17,19H,2-3,10-16H2,1H3/t19-/m0/s1. The molecule has 3 aromatic rings. The lowest BCUT2D eigenvalue weighted by atomic mass is 9.97. The summed E-state index contributed by atoms with van der Waals surface area (Å²) in [6, 6.07) is 12.6. The molecule has 2 aromatic heterocycles. The number of likely N-dealkylation sites (tertiary alicyclic amines) is 1. The Balaban J connectivity index is 1.29. The lowest BCUT2D eigenvalue weighted by molar-refractivity contribution is 0.122. The van der Waals surface area contributed by atoms with Crippen molar-refractivity contribution in [1.82, 2.24) is 19.5 Å². The van der Waals surface area contributed by atoms with E-state index in [1.165, 1.54) is 17.7 Å². The predicted molar refractivity (Wildman–Crippen MR) is 116 cm³/mol. The largest absolute Gasteiger partial charge is 0.497 e. The maximum absolute atomic E-state index is 5.47. The first kappa shape index (κ1) is 19.3. The van der Waals surface area contributed by atoms with Gasteiger partial charge in [-0.3, -0.25) is 4.90 Å². The number of morpholine rings is 1. The van der Waals surface area contributed by atoms with Gasteiger partial charge in [0.2, 0.25) is 0 Å². The number of methoxy groups -OCH3 is 1. The van der Waals surface area contributed by atoms with Crippen molar-refractivity contribution >= 4 is 11.3 Å². The zero-order valence-electron chi connectivity index (χ0n) is 17.5. The Labute approximate surface area is 177 Å². The quantitative estimate of drug-likeness (QED) is 0.648. The van der Waals surface area contributed by atoms with Gasteiger partial charge in [-0.25, -0.2) is 9.50 Å². The lowest BCUT2D eigenvalue weighted by Gasteiger charge is -2.31. The van der Waals surface area contributed by atoms with E-state index in [-0.39, 0.29) is 0 Å². The molecule has 2 aliphatic heterocycles. The molecule has 7 nitrogen and oxygen atoms in total. The lowest BCUT2D eigenvalue weighted by Crippen LogP contribution is -2.36. The summed E-state index contributed by atoms with van der Waals surface area (Å²) in [6.07, 6.45) is 4.43. The van der Waals surface area contributed by atoms with Crippen LogP contribution in [0.5, 0.6) is 5.75 Å². The van der Waals surface area contributed by atoms with Crippen LogP contribution in [0.3, 0.4) is 0 Å². The summed E-state index contributed by atoms with van der Waals surface area (Å²) in [5, 5.41) is 4.86. The number of hydrogen-bond acceptors (Lipinski definition) is 6. The Bertz CT molecular complexity index is 981. The Morgan fingerprint density at radius 2 is 1.90 bits per heavy atom. The van der Waals surface area contributed by atoms with E-state index in [2.05, 4.69) is 40.3 Å². The number of ether oxygens (including phenoxy) is 2. The van der Waals surface area contributed by atoms with Gasteiger partial charge in [0.1, 0.15) is 5.75 Å². The Morgan fingerprint density at radius 1 is 1.07 bits per heavy atom. The fraction of sp³-hybridized carbons (Fsp3) is 0.478. The van der Waals surface area contributed by atoms with Crippen LogP contribution in [-0.2, 0) is 11.3 Å². The van der Waals surface area contributed by atoms with Crippen LogP contribution in [0.25, 0.3) is 5.65 Å². The number of hydrogen-bond donors (Lipinski definition) is 0. The van der Waals surface area contributed by atoms with Crippen LogP contribution in [0.4, 0.5) is 5.69 Å². The van der Waals surface area contributed by atoms with Crippen molar-refractivity contribution < 1.29 is 9.47 Å². The molecule has 4 heterocycles. The summed E-state index contributed by atoms with van der Waals surface area (Å²) in [7, 11) is 1.70. The third-order valence-corrected chi connectivity index (χ3v) is 6.14. The molecule has 0 radical (unpaired) electrons. The van der Waals surface area contributed by atoms with Crippen molar-refractivity contribution in [2.45, 2.75) is 25.3 Å². The van der Waals surface area contributed by atoms with E-state index >= 15 is 0 Å². The van der Waals surface area contributed by atoms with E-state index in [0.717, 1.165) is 69.6 Å². The maximum Gasteiger partial charge on any atom is 0.156 e. The minimum absolute atomic E-state index is 0.378. The molecule has 2 aliphatic rings. The molecule has 158 valence electrons.